The summed E-state index contributed by atoms with van der Waals surface area (Å²) < 4.78 is 26.5. The molecule has 0 unspecified atom stereocenters. The summed E-state index contributed by atoms with van der Waals surface area (Å²) in [5, 5.41) is 20.6. The Morgan fingerprint density at radius 3 is 2.48 bits per heavy atom. The zero-order chi connectivity index (χ0) is 19.8. The fourth-order valence-electron chi connectivity index (χ4n) is 2.44. The molecule has 0 aliphatic rings. The molecule has 3 aromatic rings. The molecule has 1 aromatic carbocycles. The number of hydrogen-bond acceptors (Lipinski definition) is 6. The molecule has 1 amide bonds. The average molecular weight is 410 g/mol. The lowest BCUT2D eigenvalue weighted by molar-refractivity contribution is -0.135. The molecule has 0 bridgehead atoms. The normalized spacial score (nSPS) is 11.4. The highest BCUT2D eigenvalue weighted by Gasteiger charge is 2.25. The van der Waals surface area contributed by atoms with E-state index in [2.05, 4.69) is 4.98 Å². The van der Waals surface area contributed by atoms with Crippen LogP contribution < -0.4 is 5.32 Å². The first kappa shape index (κ1) is 18.7. The number of pyridine rings is 1. The minimum Gasteiger partial charge on any atom is -0.505 e. The number of hydrogen-bond donors (Lipinski definition) is 3. The molecule has 0 fully saturated rings. The molecule has 11 heteroatoms. The summed E-state index contributed by atoms with van der Waals surface area (Å²) >= 11 is 6.08. The van der Waals surface area contributed by atoms with E-state index in [-0.39, 0.29) is 21.0 Å². The zero-order valence-corrected chi connectivity index (χ0v) is 15.0. The van der Waals surface area contributed by atoms with Crippen LogP contribution in [0.5, 0.6) is 5.75 Å². The van der Waals surface area contributed by atoms with Crippen LogP contribution in [0, 0.1) is 0 Å². The number of amides is 1. The maximum absolute atomic E-state index is 12.8. The van der Waals surface area contributed by atoms with Crippen molar-refractivity contribution in [3.05, 3.63) is 53.4 Å². The first-order chi connectivity index (χ1) is 12.7. The Kier molecular flexibility index (Phi) is 4.77. The summed E-state index contributed by atoms with van der Waals surface area (Å²) in [7, 11) is -4.01. The maximum Gasteiger partial charge on any atom is 0.322 e. The number of aromatic nitrogens is 2. The SMILES string of the molecule is O=C(O)CNC(=O)c1nc(Cl)c2c(ccn2S(=O)(=O)c2ccccc2)c1O. The number of carboxylic acid groups (broad SMARTS) is 1. The lowest BCUT2D eigenvalue weighted by Crippen LogP contribution is -2.30. The molecule has 2 heterocycles. The second kappa shape index (κ2) is 6.89. The van der Waals surface area contributed by atoms with Crippen LogP contribution in [0.3, 0.4) is 0 Å². The molecule has 0 saturated heterocycles. The van der Waals surface area contributed by atoms with E-state index in [0.29, 0.717) is 0 Å². The first-order valence-electron chi connectivity index (χ1n) is 7.43. The molecule has 2 aromatic heterocycles. The second-order valence-electron chi connectivity index (χ2n) is 5.37. The van der Waals surface area contributed by atoms with Crippen molar-refractivity contribution in [3.63, 3.8) is 0 Å². The van der Waals surface area contributed by atoms with Crippen LogP contribution in [0.4, 0.5) is 0 Å². The summed E-state index contributed by atoms with van der Waals surface area (Å²) in [4.78, 5) is 26.3. The van der Waals surface area contributed by atoms with Gasteiger partial charge >= 0.3 is 5.97 Å². The largest absolute Gasteiger partial charge is 0.505 e. The highest BCUT2D eigenvalue weighted by atomic mass is 35.5. The number of carboxylic acids is 1. The Morgan fingerprint density at radius 2 is 1.85 bits per heavy atom. The van der Waals surface area contributed by atoms with Crippen molar-refractivity contribution in [1.29, 1.82) is 0 Å². The smallest absolute Gasteiger partial charge is 0.322 e. The first-order valence-corrected chi connectivity index (χ1v) is 9.25. The number of benzene rings is 1. The number of aliphatic carboxylic acids is 1. The molecule has 0 spiro atoms. The van der Waals surface area contributed by atoms with Gasteiger partial charge in [-0.05, 0) is 18.2 Å². The third-order valence-electron chi connectivity index (χ3n) is 3.65. The van der Waals surface area contributed by atoms with Crippen molar-refractivity contribution < 1.29 is 28.2 Å². The van der Waals surface area contributed by atoms with Gasteiger partial charge in [0.25, 0.3) is 15.9 Å². The lowest BCUT2D eigenvalue weighted by Gasteiger charge is -2.10. The van der Waals surface area contributed by atoms with Crippen molar-refractivity contribution in [1.82, 2.24) is 14.3 Å². The Bertz CT molecular complexity index is 1160. The molecular weight excluding hydrogens is 398 g/mol. The van der Waals surface area contributed by atoms with E-state index in [1.54, 1.807) is 18.2 Å². The Labute approximate surface area is 157 Å². The molecule has 0 saturated carbocycles. The van der Waals surface area contributed by atoms with Gasteiger partial charge in [-0.25, -0.2) is 17.4 Å². The van der Waals surface area contributed by atoms with Gasteiger partial charge in [-0.2, -0.15) is 0 Å². The van der Waals surface area contributed by atoms with E-state index in [1.165, 1.54) is 24.4 Å². The van der Waals surface area contributed by atoms with Gasteiger partial charge < -0.3 is 15.5 Å². The van der Waals surface area contributed by atoms with Gasteiger partial charge in [0.05, 0.1) is 4.90 Å². The molecule has 0 aliphatic carbocycles. The second-order valence-corrected chi connectivity index (χ2v) is 7.54. The highest BCUT2D eigenvalue weighted by molar-refractivity contribution is 7.90. The lowest BCUT2D eigenvalue weighted by atomic mass is 10.2. The predicted molar refractivity (Wildman–Crippen MR) is 95.4 cm³/mol. The third-order valence-corrected chi connectivity index (χ3v) is 5.61. The fraction of sp³-hybridized carbons (Fsp3) is 0.0625. The molecule has 0 aliphatic heterocycles. The zero-order valence-electron chi connectivity index (χ0n) is 13.5. The van der Waals surface area contributed by atoms with Gasteiger partial charge in [0.1, 0.15) is 12.1 Å². The third kappa shape index (κ3) is 3.32. The summed E-state index contributed by atoms with van der Waals surface area (Å²) in [6.07, 6.45) is 1.18. The monoisotopic (exact) mass is 409 g/mol. The number of aromatic hydroxyl groups is 1. The van der Waals surface area contributed by atoms with Gasteiger partial charge in [-0.15, -0.1) is 0 Å². The summed E-state index contributed by atoms with van der Waals surface area (Å²) in [5.41, 5.74) is -0.614. The molecule has 3 N–H and O–H groups in total. The van der Waals surface area contributed by atoms with E-state index >= 15 is 0 Å². The van der Waals surface area contributed by atoms with E-state index in [4.69, 9.17) is 16.7 Å². The standard InChI is InChI=1S/C16H12ClN3O6S/c17-15-13-10(14(23)12(19-15)16(24)18-8-11(21)22)6-7-20(13)27(25,26)9-4-2-1-3-5-9/h1-7,23H,8H2,(H,18,24)(H,21,22). The van der Waals surface area contributed by atoms with Gasteiger partial charge in [-0.1, -0.05) is 29.8 Å². The fourth-order valence-corrected chi connectivity index (χ4v) is 4.15. The van der Waals surface area contributed by atoms with Gasteiger partial charge in [0.2, 0.25) is 0 Å². The number of nitrogens with zero attached hydrogens (tertiary/aromatic N) is 2. The summed E-state index contributed by atoms with van der Waals surface area (Å²) in [5.74, 6) is -2.85. The van der Waals surface area contributed by atoms with E-state index in [1.807, 2.05) is 5.32 Å². The van der Waals surface area contributed by atoms with Crippen LogP contribution in [0.2, 0.25) is 5.15 Å². The number of rotatable bonds is 5. The van der Waals surface area contributed by atoms with Crippen LogP contribution in [0.1, 0.15) is 10.5 Å². The number of fused-ring (bicyclic) bond motifs is 1. The number of carbonyl (C=O) groups excluding carboxylic acids is 1. The minimum atomic E-state index is -4.01. The van der Waals surface area contributed by atoms with Gasteiger partial charge in [0.15, 0.2) is 16.6 Å². The molecule has 9 nitrogen and oxygen atoms in total. The molecule has 27 heavy (non-hydrogen) atoms. The highest BCUT2D eigenvalue weighted by Crippen LogP contribution is 2.34. The van der Waals surface area contributed by atoms with E-state index in [9.17, 15) is 23.1 Å². The Morgan fingerprint density at radius 1 is 1.19 bits per heavy atom. The van der Waals surface area contributed by atoms with Gasteiger partial charge in [-0.3, -0.25) is 9.59 Å². The maximum atomic E-state index is 12.8. The molecule has 3 rings (SSSR count). The van der Waals surface area contributed by atoms with E-state index in [0.717, 1.165) is 3.97 Å². The number of halogens is 1. The quantitative estimate of drug-likeness (QED) is 0.542. The number of nitrogens with one attached hydrogen (secondary N) is 1. The molecule has 0 radical (unpaired) electrons. The van der Waals surface area contributed by atoms with Gasteiger partial charge in [0, 0.05) is 11.6 Å². The predicted octanol–water partition coefficient (Wildman–Crippen LogP) is 1.45. The molecular formula is C16H12ClN3O6S. The average Bonchev–Trinajstić information content (AvgIpc) is 3.10. The minimum absolute atomic E-state index is 0.00124. The van der Waals surface area contributed by atoms with Crippen molar-refractivity contribution in [2.75, 3.05) is 6.54 Å². The van der Waals surface area contributed by atoms with Crippen LogP contribution in [-0.2, 0) is 14.8 Å². The van der Waals surface area contributed by atoms with Crippen molar-refractivity contribution in [2.24, 2.45) is 0 Å². The van der Waals surface area contributed by atoms with Crippen LogP contribution >= 0.6 is 11.6 Å². The summed E-state index contributed by atoms with van der Waals surface area (Å²) in [6, 6.07) is 8.84. The van der Waals surface area contributed by atoms with Crippen molar-refractivity contribution in [3.8, 4) is 5.75 Å². The van der Waals surface area contributed by atoms with Crippen LogP contribution in [0.15, 0.2) is 47.5 Å². The van der Waals surface area contributed by atoms with Crippen LogP contribution in [-0.4, -0.2) is 46.0 Å². The molecule has 140 valence electrons. The summed E-state index contributed by atoms with van der Waals surface area (Å²) in [6.45, 7) is -0.682. The van der Waals surface area contributed by atoms with Crippen LogP contribution in [0.25, 0.3) is 10.9 Å². The van der Waals surface area contributed by atoms with E-state index < -0.39 is 39.9 Å². The number of carbonyl (C=O) groups is 2. The Hall–Kier alpha value is -3.11. The molecule has 0 atom stereocenters. The van der Waals surface area contributed by atoms with Crippen molar-refractivity contribution >= 4 is 44.4 Å². The topological polar surface area (TPSA) is 139 Å². The van der Waals surface area contributed by atoms with Crippen molar-refractivity contribution in [2.45, 2.75) is 4.90 Å². The Balaban J connectivity index is 2.14.